The molecule has 1 aliphatic carbocycles. The number of anilines is 1. The molecule has 1 unspecified atom stereocenters. The van der Waals surface area contributed by atoms with Gasteiger partial charge in [-0.25, -0.2) is 4.98 Å². The number of rotatable bonds is 5. The van der Waals surface area contributed by atoms with Gasteiger partial charge in [0.15, 0.2) is 0 Å². The Hall–Kier alpha value is -2.99. The molecule has 1 saturated carbocycles. The van der Waals surface area contributed by atoms with E-state index in [0.717, 1.165) is 35.5 Å². The second-order valence-corrected chi connectivity index (χ2v) is 10.7. The molecule has 9 heteroatoms. The first-order valence-corrected chi connectivity index (χ1v) is 12.3. The van der Waals surface area contributed by atoms with E-state index in [4.69, 9.17) is 9.72 Å². The van der Waals surface area contributed by atoms with Gasteiger partial charge in [0, 0.05) is 37.5 Å². The Balaban J connectivity index is 1.46. The second kappa shape index (κ2) is 8.66. The number of carbonyl (C=O) groups is 1. The van der Waals surface area contributed by atoms with Crippen molar-refractivity contribution in [2.45, 2.75) is 77.7 Å². The van der Waals surface area contributed by atoms with Crippen molar-refractivity contribution >= 4 is 11.7 Å². The van der Waals surface area contributed by atoms with Crippen molar-refractivity contribution in [3.63, 3.8) is 0 Å². The summed E-state index contributed by atoms with van der Waals surface area (Å²) in [7, 11) is 0. The fraction of sp³-hybridized carbons (Fsp3) is 0.640. The first kappa shape index (κ1) is 22.8. The predicted octanol–water partition coefficient (Wildman–Crippen LogP) is 2.65. The Bertz CT molecular complexity index is 1120. The smallest absolute Gasteiger partial charge is 0.246 e. The van der Waals surface area contributed by atoms with Crippen LogP contribution in [0.5, 0.6) is 0 Å². The zero-order valence-electron chi connectivity index (χ0n) is 20.5. The van der Waals surface area contributed by atoms with E-state index in [9.17, 15) is 10.1 Å². The average molecular weight is 464 g/mol. The van der Waals surface area contributed by atoms with E-state index in [1.54, 1.807) is 12.4 Å². The van der Waals surface area contributed by atoms with E-state index in [2.05, 4.69) is 48.9 Å². The molecule has 180 valence electrons. The summed E-state index contributed by atoms with van der Waals surface area (Å²) in [4.78, 5) is 23.8. The Morgan fingerprint density at radius 3 is 2.62 bits per heavy atom. The van der Waals surface area contributed by atoms with Crippen molar-refractivity contribution in [2.24, 2.45) is 5.92 Å². The predicted molar refractivity (Wildman–Crippen MR) is 126 cm³/mol. The standard InChI is InChI=1S/C25H33N7O2/c1-16(2)21-13-30(9-10-31(21)22(33)14-32-27-7-8-28-32)24-19(12-26)18-11-25(3,4)34-15-20(18)23(29-24)17-5-6-17/h7-8,16-17,21H,5-6,9-11,13-15H2,1-4H3. The molecule has 0 N–H and O–H groups in total. The summed E-state index contributed by atoms with van der Waals surface area (Å²) >= 11 is 0. The molecule has 34 heavy (non-hydrogen) atoms. The van der Waals surface area contributed by atoms with E-state index >= 15 is 0 Å². The summed E-state index contributed by atoms with van der Waals surface area (Å²) in [5.74, 6) is 1.53. The first-order valence-electron chi connectivity index (χ1n) is 12.3. The fourth-order valence-electron chi connectivity index (χ4n) is 5.24. The Labute approximate surface area is 200 Å². The molecule has 2 aliphatic heterocycles. The highest BCUT2D eigenvalue weighted by Gasteiger charge is 2.39. The number of hydrogen-bond acceptors (Lipinski definition) is 7. The monoisotopic (exact) mass is 463 g/mol. The maximum absolute atomic E-state index is 13.1. The average Bonchev–Trinajstić information content (AvgIpc) is 3.53. The van der Waals surface area contributed by atoms with E-state index in [0.29, 0.717) is 44.1 Å². The Morgan fingerprint density at radius 1 is 1.24 bits per heavy atom. The highest BCUT2D eigenvalue weighted by atomic mass is 16.5. The quantitative estimate of drug-likeness (QED) is 0.672. The van der Waals surface area contributed by atoms with Crippen LogP contribution in [0.4, 0.5) is 5.82 Å². The number of ether oxygens (including phenoxy) is 1. The number of nitriles is 1. The van der Waals surface area contributed by atoms with Crippen LogP contribution in [0.1, 0.15) is 68.8 Å². The molecule has 1 amide bonds. The molecule has 0 radical (unpaired) electrons. The third kappa shape index (κ3) is 4.27. The number of pyridine rings is 1. The molecule has 2 fully saturated rings. The van der Waals surface area contributed by atoms with E-state index in [1.807, 2.05) is 4.90 Å². The molecule has 5 rings (SSSR count). The maximum Gasteiger partial charge on any atom is 0.246 e. The van der Waals surface area contributed by atoms with Gasteiger partial charge in [0.1, 0.15) is 18.4 Å². The Morgan fingerprint density at radius 2 is 1.97 bits per heavy atom. The van der Waals surface area contributed by atoms with Crippen LogP contribution in [-0.4, -0.2) is 62.1 Å². The van der Waals surface area contributed by atoms with Crippen molar-refractivity contribution in [3.05, 3.63) is 34.8 Å². The van der Waals surface area contributed by atoms with Gasteiger partial charge in [-0.15, -0.1) is 0 Å². The zero-order chi connectivity index (χ0) is 24.0. The molecule has 9 nitrogen and oxygen atoms in total. The van der Waals surface area contributed by atoms with Gasteiger partial charge in [-0.3, -0.25) is 4.79 Å². The molecule has 0 aromatic carbocycles. The van der Waals surface area contributed by atoms with E-state index in [-0.39, 0.29) is 30.0 Å². The topological polar surface area (TPSA) is 100 Å². The highest BCUT2D eigenvalue weighted by Crippen LogP contribution is 2.46. The van der Waals surface area contributed by atoms with Gasteiger partial charge in [-0.1, -0.05) is 13.8 Å². The lowest BCUT2D eigenvalue weighted by Crippen LogP contribution is -2.58. The largest absolute Gasteiger partial charge is 0.370 e. The number of nitrogens with zero attached hydrogens (tertiary/aromatic N) is 7. The van der Waals surface area contributed by atoms with Crippen LogP contribution in [0.25, 0.3) is 0 Å². The van der Waals surface area contributed by atoms with Gasteiger partial charge in [0.25, 0.3) is 0 Å². The number of hydrogen-bond donors (Lipinski definition) is 0. The lowest BCUT2D eigenvalue weighted by molar-refractivity contribution is -0.136. The van der Waals surface area contributed by atoms with Crippen LogP contribution in [-0.2, 0) is 29.1 Å². The summed E-state index contributed by atoms with van der Waals surface area (Å²) in [6.07, 6.45) is 6.17. The van der Waals surface area contributed by atoms with Gasteiger partial charge in [0.2, 0.25) is 5.91 Å². The van der Waals surface area contributed by atoms with Crippen molar-refractivity contribution in [3.8, 4) is 6.07 Å². The van der Waals surface area contributed by atoms with Crippen molar-refractivity contribution < 1.29 is 9.53 Å². The molecule has 2 aromatic heterocycles. The molecular formula is C25H33N7O2. The third-order valence-electron chi connectivity index (χ3n) is 7.26. The Kier molecular flexibility index (Phi) is 5.80. The number of piperazine rings is 1. The van der Waals surface area contributed by atoms with E-state index < -0.39 is 0 Å². The van der Waals surface area contributed by atoms with Gasteiger partial charge in [0.05, 0.1) is 41.9 Å². The van der Waals surface area contributed by atoms with Crippen LogP contribution in [0.3, 0.4) is 0 Å². The van der Waals surface area contributed by atoms with Crippen LogP contribution in [0, 0.1) is 17.2 Å². The second-order valence-electron chi connectivity index (χ2n) is 10.7. The number of fused-ring (bicyclic) bond motifs is 1. The summed E-state index contributed by atoms with van der Waals surface area (Å²) in [6, 6.07) is 2.51. The number of amides is 1. The molecule has 4 heterocycles. The molecule has 3 aliphatic rings. The van der Waals surface area contributed by atoms with Crippen molar-refractivity contribution in [2.75, 3.05) is 24.5 Å². The maximum atomic E-state index is 13.1. The van der Waals surface area contributed by atoms with Gasteiger partial charge in [-0.2, -0.15) is 20.3 Å². The minimum atomic E-state index is -0.301. The summed E-state index contributed by atoms with van der Waals surface area (Å²) < 4.78 is 6.11. The van der Waals surface area contributed by atoms with Crippen LogP contribution >= 0.6 is 0 Å². The molecule has 0 bridgehead atoms. The molecule has 1 atom stereocenters. The summed E-state index contributed by atoms with van der Waals surface area (Å²) in [6.45, 7) is 11.0. The van der Waals surface area contributed by atoms with Gasteiger partial charge in [-0.05, 0) is 38.2 Å². The lowest BCUT2D eigenvalue weighted by atomic mass is 9.87. The minimum absolute atomic E-state index is 0.0188. The van der Waals surface area contributed by atoms with Gasteiger partial charge >= 0.3 is 0 Å². The van der Waals surface area contributed by atoms with E-state index in [1.165, 1.54) is 4.80 Å². The zero-order valence-corrected chi connectivity index (χ0v) is 20.5. The van der Waals surface area contributed by atoms with Crippen LogP contribution in [0.2, 0.25) is 0 Å². The normalized spacial score (nSPS) is 21.9. The molecule has 2 aromatic rings. The summed E-state index contributed by atoms with van der Waals surface area (Å²) in [5.41, 5.74) is 3.73. The van der Waals surface area contributed by atoms with Crippen LogP contribution < -0.4 is 4.90 Å². The number of carbonyl (C=O) groups excluding carboxylic acids is 1. The lowest BCUT2D eigenvalue weighted by Gasteiger charge is -2.44. The van der Waals surface area contributed by atoms with Crippen LogP contribution in [0.15, 0.2) is 12.4 Å². The van der Waals surface area contributed by atoms with Crippen molar-refractivity contribution in [1.29, 1.82) is 5.26 Å². The fourth-order valence-corrected chi connectivity index (χ4v) is 5.24. The molecular weight excluding hydrogens is 430 g/mol. The highest BCUT2D eigenvalue weighted by molar-refractivity contribution is 5.76. The number of aromatic nitrogens is 4. The summed E-state index contributed by atoms with van der Waals surface area (Å²) in [5, 5.41) is 18.4. The molecule has 0 spiro atoms. The third-order valence-corrected chi connectivity index (χ3v) is 7.26. The minimum Gasteiger partial charge on any atom is -0.370 e. The SMILES string of the molecule is CC(C)C1CN(c2nc(C3CC3)c3c(c2C#N)CC(C)(C)OC3)CCN1C(=O)Cn1nccn1. The first-order chi connectivity index (χ1) is 16.3. The molecule has 1 saturated heterocycles. The van der Waals surface area contributed by atoms with Gasteiger partial charge < -0.3 is 14.5 Å². The van der Waals surface area contributed by atoms with Crippen molar-refractivity contribution in [1.82, 2.24) is 24.9 Å².